The predicted octanol–water partition coefficient (Wildman–Crippen LogP) is 1.98. The summed E-state index contributed by atoms with van der Waals surface area (Å²) in [5.74, 6) is 0. The first kappa shape index (κ1) is 12.1. The zero-order chi connectivity index (χ0) is 13.0. The third-order valence-electron chi connectivity index (χ3n) is 2.57. The molecule has 1 aromatic heterocycles. The van der Waals surface area contributed by atoms with Gasteiger partial charge in [-0.2, -0.15) is 5.10 Å². The molecule has 1 N–H and O–H groups in total. The first-order valence-corrected chi connectivity index (χ1v) is 5.62. The second kappa shape index (κ2) is 5.31. The van der Waals surface area contributed by atoms with E-state index in [9.17, 15) is 10.1 Å². The highest BCUT2D eigenvalue weighted by Crippen LogP contribution is 2.22. The van der Waals surface area contributed by atoms with E-state index in [0.717, 1.165) is 12.1 Å². The second-order valence-corrected chi connectivity index (χ2v) is 3.93. The van der Waals surface area contributed by atoms with Crippen molar-refractivity contribution in [3.05, 3.63) is 52.3 Å². The van der Waals surface area contributed by atoms with E-state index in [1.807, 2.05) is 19.3 Å². The van der Waals surface area contributed by atoms with Crippen molar-refractivity contribution in [3.8, 4) is 0 Å². The Morgan fingerprint density at radius 2 is 2.17 bits per heavy atom. The van der Waals surface area contributed by atoms with Gasteiger partial charge in [0.15, 0.2) is 0 Å². The topological polar surface area (TPSA) is 73.0 Å². The summed E-state index contributed by atoms with van der Waals surface area (Å²) in [6.07, 6.45) is 2.60. The molecule has 0 aliphatic rings. The van der Waals surface area contributed by atoms with Crippen LogP contribution in [0.1, 0.15) is 5.69 Å². The van der Waals surface area contributed by atoms with Gasteiger partial charge >= 0.3 is 0 Å². The molecule has 0 saturated heterocycles. The average Bonchev–Trinajstić information content (AvgIpc) is 2.75. The van der Waals surface area contributed by atoms with Crippen LogP contribution in [0.15, 0.2) is 36.5 Å². The Morgan fingerprint density at radius 3 is 2.83 bits per heavy atom. The second-order valence-electron chi connectivity index (χ2n) is 3.93. The molecule has 0 amide bonds. The molecule has 18 heavy (non-hydrogen) atoms. The van der Waals surface area contributed by atoms with Gasteiger partial charge in [0, 0.05) is 32.3 Å². The summed E-state index contributed by atoms with van der Waals surface area (Å²) in [6, 6.07) is 8.55. The first-order chi connectivity index (χ1) is 8.66. The number of aromatic nitrogens is 2. The van der Waals surface area contributed by atoms with Crippen LogP contribution in [0, 0.1) is 10.1 Å². The summed E-state index contributed by atoms with van der Waals surface area (Å²) >= 11 is 0. The maximum atomic E-state index is 10.8. The van der Waals surface area contributed by atoms with E-state index in [1.165, 1.54) is 6.07 Å². The van der Waals surface area contributed by atoms with Gasteiger partial charge in [0.2, 0.25) is 0 Å². The zero-order valence-corrected chi connectivity index (χ0v) is 10.0. The molecule has 0 unspecified atom stereocenters. The standard InChI is InChI=1S/C12H14N4O2/c1-15-9-7-10(14-15)6-8-13-11-4-2-3-5-12(11)16(17)18/h2-5,7,9,13H,6,8H2,1H3. The van der Waals surface area contributed by atoms with Crippen LogP contribution in [0.2, 0.25) is 0 Å². The number of rotatable bonds is 5. The van der Waals surface area contributed by atoms with Gasteiger partial charge in [-0.05, 0) is 12.1 Å². The Kier molecular flexibility index (Phi) is 3.57. The van der Waals surface area contributed by atoms with Crippen LogP contribution < -0.4 is 5.32 Å². The molecule has 6 heteroatoms. The highest BCUT2D eigenvalue weighted by molar-refractivity contribution is 5.61. The lowest BCUT2D eigenvalue weighted by Crippen LogP contribution is -2.07. The maximum Gasteiger partial charge on any atom is 0.292 e. The van der Waals surface area contributed by atoms with Crippen molar-refractivity contribution in [3.63, 3.8) is 0 Å². The minimum absolute atomic E-state index is 0.0959. The van der Waals surface area contributed by atoms with Crippen LogP contribution in [-0.4, -0.2) is 21.2 Å². The first-order valence-electron chi connectivity index (χ1n) is 5.62. The lowest BCUT2D eigenvalue weighted by molar-refractivity contribution is -0.384. The number of para-hydroxylation sites is 2. The number of hydrogen-bond acceptors (Lipinski definition) is 4. The quantitative estimate of drug-likeness (QED) is 0.646. The van der Waals surface area contributed by atoms with Crippen LogP contribution >= 0.6 is 0 Å². The Labute approximate surface area is 104 Å². The van der Waals surface area contributed by atoms with Gasteiger partial charge in [0.1, 0.15) is 5.69 Å². The molecule has 1 heterocycles. The molecule has 2 aromatic rings. The van der Waals surface area contributed by atoms with Crippen LogP contribution in [0.5, 0.6) is 0 Å². The summed E-state index contributed by atoms with van der Waals surface area (Å²) in [5, 5.41) is 18.1. The van der Waals surface area contributed by atoms with E-state index in [4.69, 9.17) is 0 Å². The van der Waals surface area contributed by atoms with Crippen molar-refractivity contribution >= 4 is 11.4 Å². The van der Waals surface area contributed by atoms with Gasteiger partial charge in [-0.3, -0.25) is 14.8 Å². The molecule has 0 aliphatic carbocycles. The van der Waals surface area contributed by atoms with Gasteiger partial charge in [-0.1, -0.05) is 12.1 Å². The van der Waals surface area contributed by atoms with E-state index in [0.29, 0.717) is 12.2 Å². The van der Waals surface area contributed by atoms with Crippen LogP contribution in [0.3, 0.4) is 0 Å². The fourth-order valence-corrected chi connectivity index (χ4v) is 1.70. The Hall–Kier alpha value is -2.37. The highest BCUT2D eigenvalue weighted by Gasteiger charge is 2.11. The van der Waals surface area contributed by atoms with Crippen molar-refractivity contribution < 1.29 is 4.92 Å². The average molecular weight is 246 g/mol. The van der Waals surface area contributed by atoms with Gasteiger partial charge in [0.05, 0.1) is 10.6 Å². The van der Waals surface area contributed by atoms with Crippen molar-refractivity contribution in [1.82, 2.24) is 9.78 Å². The Balaban J connectivity index is 1.96. The predicted molar refractivity (Wildman–Crippen MR) is 68.5 cm³/mol. The summed E-state index contributed by atoms with van der Waals surface area (Å²) in [7, 11) is 1.86. The maximum absolute atomic E-state index is 10.8. The number of nitro groups is 1. The van der Waals surface area contributed by atoms with E-state index in [-0.39, 0.29) is 10.6 Å². The molecule has 0 saturated carbocycles. The molecular weight excluding hydrogens is 232 g/mol. The van der Waals surface area contributed by atoms with Crippen molar-refractivity contribution in [2.24, 2.45) is 7.05 Å². The molecule has 1 aromatic carbocycles. The van der Waals surface area contributed by atoms with Gasteiger partial charge < -0.3 is 5.32 Å². The molecule has 0 aliphatic heterocycles. The summed E-state index contributed by atoms with van der Waals surface area (Å²) in [6.45, 7) is 0.613. The third-order valence-corrected chi connectivity index (χ3v) is 2.57. The molecule has 6 nitrogen and oxygen atoms in total. The van der Waals surface area contributed by atoms with Crippen LogP contribution in [-0.2, 0) is 13.5 Å². The number of aryl methyl sites for hydroxylation is 1. The number of nitro benzene ring substituents is 1. The van der Waals surface area contributed by atoms with Crippen LogP contribution in [0.4, 0.5) is 11.4 Å². The fourth-order valence-electron chi connectivity index (χ4n) is 1.70. The summed E-state index contributed by atoms with van der Waals surface area (Å²) in [5.41, 5.74) is 1.60. The minimum atomic E-state index is -0.386. The number of anilines is 1. The highest BCUT2D eigenvalue weighted by atomic mass is 16.6. The summed E-state index contributed by atoms with van der Waals surface area (Å²) < 4.78 is 1.74. The number of nitrogens with zero attached hydrogens (tertiary/aromatic N) is 3. The SMILES string of the molecule is Cn1ccc(CCNc2ccccc2[N+](=O)[O-])n1. The van der Waals surface area contributed by atoms with Crippen molar-refractivity contribution in [2.45, 2.75) is 6.42 Å². The van der Waals surface area contributed by atoms with E-state index in [2.05, 4.69) is 10.4 Å². The number of benzene rings is 1. The molecule has 2 rings (SSSR count). The van der Waals surface area contributed by atoms with E-state index in [1.54, 1.807) is 22.9 Å². The molecule has 0 radical (unpaired) electrons. The molecule has 0 spiro atoms. The molecule has 94 valence electrons. The molecule has 0 bridgehead atoms. The van der Waals surface area contributed by atoms with E-state index >= 15 is 0 Å². The number of hydrogen-bond donors (Lipinski definition) is 1. The largest absolute Gasteiger partial charge is 0.379 e. The lowest BCUT2D eigenvalue weighted by Gasteiger charge is -2.05. The number of nitrogens with one attached hydrogen (secondary N) is 1. The van der Waals surface area contributed by atoms with Gasteiger partial charge in [-0.25, -0.2) is 0 Å². The molecular formula is C12H14N4O2. The monoisotopic (exact) mass is 246 g/mol. The molecule has 0 fully saturated rings. The summed E-state index contributed by atoms with van der Waals surface area (Å²) in [4.78, 5) is 10.4. The Bertz CT molecular complexity index is 551. The minimum Gasteiger partial charge on any atom is -0.379 e. The fraction of sp³-hybridized carbons (Fsp3) is 0.250. The van der Waals surface area contributed by atoms with Gasteiger partial charge in [-0.15, -0.1) is 0 Å². The van der Waals surface area contributed by atoms with Crippen molar-refractivity contribution in [1.29, 1.82) is 0 Å². The molecule has 0 atom stereocenters. The van der Waals surface area contributed by atoms with Crippen molar-refractivity contribution in [2.75, 3.05) is 11.9 Å². The van der Waals surface area contributed by atoms with Crippen LogP contribution in [0.25, 0.3) is 0 Å². The Morgan fingerprint density at radius 1 is 1.39 bits per heavy atom. The normalized spacial score (nSPS) is 10.3. The smallest absolute Gasteiger partial charge is 0.292 e. The lowest BCUT2D eigenvalue weighted by atomic mass is 10.2. The third kappa shape index (κ3) is 2.85. The van der Waals surface area contributed by atoms with E-state index < -0.39 is 0 Å². The zero-order valence-electron chi connectivity index (χ0n) is 10.0. The van der Waals surface area contributed by atoms with Gasteiger partial charge in [0.25, 0.3) is 5.69 Å².